The number of rotatable bonds is 3. The van der Waals surface area contributed by atoms with Crippen LogP contribution in [0.3, 0.4) is 0 Å². The number of nitrogens with one attached hydrogen (secondary N) is 1. The number of thiocarbonyl (C=S) groups is 1. The highest BCUT2D eigenvalue weighted by Gasteiger charge is 2.33. The van der Waals surface area contributed by atoms with Gasteiger partial charge in [0.15, 0.2) is 15.2 Å². The van der Waals surface area contributed by atoms with Crippen LogP contribution in [-0.4, -0.2) is 37.8 Å². The van der Waals surface area contributed by atoms with Gasteiger partial charge >= 0.3 is 0 Å². The molecule has 3 heterocycles. The first-order chi connectivity index (χ1) is 10.5. The van der Waals surface area contributed by atoms with Gasteiger partial charge in [0.2, 0.25) is 0 Å². The minimum Gasteiger partial charge on any atom is -0.298 e. The molecule has 1 aliphatic rings. The van der Waals surface area contributed by atoms with Gasteiger partial charge in [-0.3, -0.25) is 24.2 Å². The second-order valence-corrected chi connectivity index (χ2v) is 5.98. The molecule has 22 heavy (non-hydrogen) atoms. The van der Waals surface area contributed by atoms with Crippen molar-refractivity contribution >= 4 is 63.1 Å². The molecule has 1 saturated heterocycles. The fraction of sp³-hybridized carbons (Fsp3) is 0.0769. The van der Waals surface area contributed by atoms with E-state index in [1.165, 1.54) is 28.4 Å². The summed E-state index contributed by atoms with van der Waals surface area (Å²) in [5, 5.41) is 4.60. The van der Waals surface area contributed by atoms with Gasteiger partial charge in [0.25, 0.3) is 11.8 Å². The number of thiazole rings is 1. The fourth-order valence-corrected chi connectivity index (χ4v) is 3.28. The van der Waals surface area contributed by atoms with E-state index in [9.17, 15) is 9.59 Å². The second-order valence-electron chi connectivity index (χ2n) is 4.37. The standard InChI is InChI=1S/C13H9ClN4O2S2/c1-2-3-18-11(20)7(10(19)16-12(18)21)6-8-9(14)15-13-17(8)4-5-22-13/h2,4-6H,1,3H2,(H,16,19,21). The van der Waals surface area contributed by atoms with E-state index in [4.69, 9.17) is 23.8 Å². The Labute approximate surface area is 139 Å². The van der Waals surface area contributed by atoms with Gasteiger partial charge in [-0.1, -0.05) is 17.7 Å². The van der Waals surface area contributed by atoms with E-state index in [0.717, 1.165) is 0 Å². The third-order valence-electron chi connectivity index (χ3n) is 3.03. The zero-order valence-electron chi connectivity index (χ0n) is 11.1. The van der Waals surface area contributed by atoms with Gasteiger partial charge in [-0.15, -0.1) is 17.9 Å². The lowest BCUT2D eigenvalue weighted by molar-refractivity contribution is -0.128. The molecule has 0 aromatic carbocycles. The number of carbonyl (C=O) groups is 2. The highest BCUT2D eigenvalue weighted by Crippen LogP contribution is 2.24. The lowest BCUT2D eigenvalue weighted by atomic mass is 10.1. The molecular weight excluding hydrogens is 344 g/mol. The Morgan fingerprint density at radius 1 is 1.50 bits per heavy atom. The fourth-order valence-electron chi connectivity index (χ4n) is 2.03. The number of hydrogen-bond donors (Lipinski definition) is 1. The number of nitrogens with zero attached hydrogens (tertiary/aromatic N) is 3. The highest BCUT2D eigenvalue weighted by atomic mass is 35.5. The largest absolute Gasteiger partial charge is 0.298 e. The Balaban J connectivity index is 2.08. The van der Waals surface area contributed by atoms with E-state index in [2.05, 4.69) is 16.9 Å². The molecule has 3 rings (SSSR count). The quantitative estimate of drug-likeness (QED) is 0.396. The van der Waals surface area contributed by atoms with E-state index in [1.54, 1.807) is 10.6 Å². The summed E-state index contributed by atoms with van der Waals surface area (Å²) in [4.78, 5) is 30.6. The number of aromatic nitrogens is 2. The van der Waals surface area contributed by atoms with Crippen LogP contribution in [0.5, 0.6) is 0 Å². The molecule has 6 nitrogen and oxygen atoms in total. The van der Waals surface area contributed by atoms with Gasteiger partial charge in [-0.2, -0.15) is 0 Å². The Bertz CT molecular complexity index is 851. The van der Waals surface area contributed by atoms with Gasteiger partial charge in [0.1, 0.15) is 5.57 Å². The summed E-state index contributed by atoms with van der Waals surface area (Å²) in [5.74, 6) is -1.05. The van der Waals surface area contributed by atoms with Crippen LogP contribution in [0.2, 0.25) is 5.15 Å². The summed E-state index contributed by atoms with van der Waals surface area (Å²) in [6.07, 6.45) is 4.72. The Kier molecular flexibility index (Phi) is 3.81. The molecule has 0 unspecified atom stereocenters. The maximum atomic E-state index is 12.4. The van der Waals surface area contributed by atoms with Crippen LogP contribution in [0.25, 0.3) is 11.0 Å². The first-order valence-electron chi connectivity index (χ1n) is 6.13. The molecule has 0 radical (unpaired) electrons. The molecular formula is C13H9ClN4O2S2. The van der Waals surface area contributed by atoms with Crippen molar-refractivity contribution in [1.29, 1.82) is 0 Å². The number of hydrogen-bond acceptors (Lipinski definition) is 5. The Morgan fingerprint density at radius 2 is 2.27 bits per heavy atom. The summed E-state index contributed by atoms with van der Waals surface area (Å²) in [6, 6.07) is 0. The van der Waals surface area contributed by atoms with Crippen molar-refractivity contribution < 1.29 is 9.59 Å². The molecule has 112 valence electrons. The molecule has 1 fully saturated rings. The number of halogens is 1. The van der Waals surface area contributed by atoms with Gasteiger partial charge in [0, 0.05) is 18.1 Å². The summed E-state index contributed by atoms with van der Waals surface area (Å²) in [5.41, 5.74) is 0.424. The number of imidazole rings is 1. The molecule has 0 saturated carbocycles. The molecule has 1 aliphatic heterocycles. The van der Waals surface area contributed by atoms with Crippen molar-refractivity contribution in [3.05, 3.63) is 40.7 Å². The average molecular weight is 353 g/mol. The van der Waals surface area contributed by atoms with Crippen molar-refractivity contribution in [2.45, 2.75) is 0 Å². The van der Waals surface area contributed by atoms with Crippen molar-refractivity contribution in [3.8, 4) is 0 Å². The Morgan fingerprint density at radius 3 is 3.00 bits per heavy atom. The van der Waals surface area contributed by atoms with Gasteiger partial charge < -0.3 is 0 Å². The van der Waals surface area contributed by atoms with Crippen LogP contribution in [0.4, 0.5) is 0 Å². The SMILES string of the molecule is C=CCN1C(=O)C(=Cc2c(Cl)nc3sccn23)C(=O)NC1=S. The second kappa shape index (κ2) is 5.64. The first-order valence-corrected chi connectivity index (χ1v) is 7.80. The lowest BCUT2D eigenvalue weighted by Gasteiger charge is -2.27. The van der Waals surface area contributed by atoms with Crippen LogP contribution in [0.1, 0.15) is 5.69 Å². The molecule has 2 aromatic heterocycles. The highest BCUT2D eigenvalue weighted by molar-refractivity contribution is 7.80. The summed E-state index contributed by atoms with van der Waals surface area (Å²) in [6.45, 7) is 3.78. The lowest BCUT2D eigenvalue weighted by Crippen LogP contribution is -2.53. The maximum absolute atomic E-state index is 12.4. The molecule has 2 amide bonds. The molecule has 0 spiro atoms. The smallest absolute Gasteiger partial charge is 0.266 e. The summed E-state index contributed by atoms with van der Waals surface area (Å²) in [7, 11) is 0. The monoisotopic (exact) mass is 352 g/mol. The van der Waals surface area contributed by atoms with Gasteiger partial charge in [-0.25, -0.2) is 4.98 Å². The van der Waals surface area contributed by atoms with E-state index in [-0.39, 0.29) is 22.4 Å². The third kappa shape index (κ3) is 2.35. The van der Waals surface area contributed by atoms with E-state index < -0.39 is 11.8 Å². The molecule has 0 bridgehead atoms. The van der Waals surface area contributed by atoms with E-state index >= 15 is 0 Å². The van der Waals surface area contributed by atoms with Crippen LogP contribution in [0.15, 0.2) is 29.8 Å². The maximum Gasteiger partial charge on any atom is 0.266 e. The van der Waals surface area contributed by atoms with E-state index in [0.29, 0.717) is 10.7 Å². The van der Waals surface area contributed by atoms with Gasteiger partial charge in [0.05, 0.1) is 5.69 Å². The zero-order valence-corrected chi connectivity index (χ0v) is 13.5. The number of amides is 2. The number of carbonyl (C=O) groups excluding carboxylic acids is 2. The molecule has 2 aromatic rings. The molecule has 1 N–H and O–H groups in total. The van der Waals surface area contributed by atoms with Crippen molar-refractivity contribution in [2.75, 3.05) is 6.54 Å². The molecule has 9 heteroatoms. The minimum atomic E-state index is -0.559. The topological polar surface area (TPSA) is 66.7 Å². The van der Waals surface area contributed by atoms with Gasteiger partial charge in [-0.05, 0) is 18.3 Å². The van der Waals surface area contributed by atoms with Crippen molar-refractivity contribution in [1.82, 2.24) is 19.6 Å². The summed E-state index contributed by atoms with van der Waals surface area (Å²) >= 11 is 12.5. The predicted octanol–water partition coefficient (Wildman–Crippen LogP) is 1.86. The van der Waals surface area contributed by atoms with Crippen LogP contribution >= 0.6 is 35.2 Å². The molecule has 0 atom stereocenters. The van der Waals surface area contributed by atoms with Crippen LogP contribution in [-0.2, 0) is 9.59 Å². The normalized spacial score (nSPS) is 17.4. The van der Waals surface area contributed by atoms with E-state index in [1.807, 2.05) is 5.38 Å². The number of fused-ring (bicyclic) bond motifs is 1. The van der Waals surface area contributed by atoms with Crippen molar-refractivity contribution in [3.63, 3.8) is 0 Å². The molecule has 0 aliphatic carbocycles. The summed E-state index contributed by atoms with van der Waals surface area (Å²) < 4.78 is 1.71. The third-order valence-corrected chi connectivity index (χ3v) is 4.39. The minimum absolute atomic E-state index is 0.0506. The average Bonchev–Trinajstić information content (AvgIpc) is 3.01. The van der Waals surface area contributed by atoms with Crippen LogP contribution < -0.4 is 5.32 Å². The van der Waals surface area contributed by atoms with Crippen molar-refractivity contribution in [2.24, 2.45) is 0 Å². The Hall–Kier alpha value is -2.03. The predicted molar refractivity (Wildman–Crippen MR) is 88.7 cm³/mol. The zero-order chi connectivity index (χ0) is 15.9. The van der Waals surface area contributed by atoms with Crippen LogP contribution in [0, 0.1) is 0 Å². The first kappa shape index (κ1) is 14.9.